The second-order valence-corrected chi connectivity index (χ2v) is 4.06. The minimum atomic E-state index is -0.0720. The van der Waals surface area contributed by atoms with Crippen LogP contribution in [-0.2, 0) is 6.61 Å². The van der Waals surface area contributed by atoms with Crippen molar-refractivity contribution in [2.75, 3.05) is 0 Å². The Kier molecular flexibility index (Phi) is 5.60. The number of halogens is 2. The van der Waals surface area contributed by atoms with E-state index in [4.69, 9.17) is 27.5 Å². The molecular weight excluding hydrogens is 285 g/mol. The lowest BCUT2D eigenvalue weighted by Crippen LogP contribution is -2.13. The number of nitrogens with two attached hydrogens (primary N) is 1. The summed E-state index contributed by atoms with van der Waals surface area (Å²) in [6.07, 6.45) is 1.59. The maximum absolute atomic E-state index is 7.43. The Morgan fingerprint density at radius 3 is 2.68 bits per heavy atom. The molecule has 0 spiro atoms. The van der Waals surface area contributed by atoms with Gasteiger partial charge in [0, 0.05) is 16.8 Å². The second-order valence-electron chi connectivity index (χ2n) is 3.65. The lowest BCUT2D eigenvalue weighted by Gasteiger charge is -2.09. The lowest BCUT2D eigenvalue weighted by atomic mass is 10.2. The van der Waals surface area contributed by atoms with Crippen molar-refractivity contribution in [1.82, 2.24) is 4.98 Å². The highest BCUT2D eigenvalue weighted by molar-refractivity contribution is 6.31. The standard InChI is InChI=1S/C13H12ClN3O.ClH/c14-11-6-2-1-4-9(11)8-18-13-10(12(15)16)5-3-7-17-13;/h1-7H,8H2,(H3,15,16);1H. The van der Waals surface area contributed by atoms with Gasteiger partial charge in [-0.2, -0.15) is 0 Å². The predicted octanol–water partition coefficient (Wildman–Crippen LogP) is 3.02. The van der Waals surface area contributed by atoms with Crippen molar-refractivity contribution in [3.8, 4) is 5.88 Å². The van der Waals surface area contributed by atoms with Gasteiger partial charge in [-0.25, -0.2) is 4.98 Å². The van der Waals surface area contributed by atoms with Gasteiger partial charge >= 0.3 is 0 Å². The molecule has 0 saturated heterocycles. The van der Waals surface area contributed by atoms with E-state index >= 15 is 0 Å². The van der Waals surface area contributed by atoms with Crippen molar-refractivity contribution in [1.29, 1.82) is 5.41 Å². The summed E-state index contributed by atoms with van der Waals surface area (Å²) in [5.41, 5.74) is 6.79. The molecule has 6 heteroatoms. The van der Waals surface area contributed by atoms with Crippen molar-refractivity contribution in [3.63, 3.8) is 0 Å². The Morgan fingerprint density at radius 1 is 1.26 bits per heavy atom. The molecule has 0 bridgehead atoms. The quantitative estimate of drug-likeness (QED) is 0.673. The molecule has 3 N–H and O–H groups in total. The van der Waals surface area contributed by atoms with E-state index in [1.54, 1.807) is 24.4 Å². The van der Waals surface area contributed by atoms with Crippen LogP contribution >= 0.6 is 24.0 Å². The van der Waals surface area contributed by atoms with Gasteiger partial charge in [0.2, 0.25) is 5.88 Å². The number of hydrogen-bond donors (Lipinski definition) is 2. The molecule has 100 valence electrons. The third-order valence-corrected chi connectivity index (χ3v) is 2.75. The maximum Gasteiger partial charge on any atom is 0.224 e. The van der Waals surface area contributed by atoms with Crippen LogP contribution in [0.2, 0.25) is 5.02 Å². The zero-order valence-corrected chi connectivity index (χ0v) is 11.5. The summed E-state index contributed by atoms with van der Waals surface area (Å²) in [6, 6.07) is 10.8. The highest BCUT2D eigenvalue weighted by atomic mass is 35.5. The van der Waals surface area contributed by atoms with Crippen molar-refractivity contribution < 1.29 is 4.74 Å². The third kappa shape index (κ3) is 3.84. The molecule has 1 heterocycles. The molecule has 1 aromatic carbocycles. The molecule has 0 aliphatic heterocycles. The average Bonchev–Trinajstić information content (AvgIpc) is 2.38. The monoisotopic (exact) mass is 297 g/mol. The number of hydrogen-bond acceptors (Lipinski definition) is 3. The first-order chi connectivity index (χ1) is 8.68. The second kappa shape index (κ2) is 6.97. The number of nitrogens with zero attached hydrogens (tertiary/aromatic N) is 1. The van der Waals surface area contributed by atoms with Crippen molar-refractivity contribution in [2.24, 2.45) is 5.73 Å². The van der Waals surface area contributed by atoms with E-state index < -0.39 is 0 Å². The van der Waals surface area contributed by atoms with Gasteiger partial charge < -0.3 is 10.5 Å². The fraction of sp³-hybridized carbons (Fsp3) is 0.0769. The molecular formula is C13H13Cl2N3O. The summed E-state index contributed by atoms with van der Waals surface area (Å²) in [4.78, 5) is 4.06. The molecule has 4 nitrogen and oxygen atoms in total. The molecule has 0 saturated carbocycles. The first-order valence-electron chi connectivity index (χ1n) is 5.34. The van der Waals surface area contributed by atoms with E-state index in [-0.39, 0.29) is 24.8 Å². The Labute approximate surface area is 122 Å². The molecule has 0 aliphatic rings. The first kappa shape index (κ1) is 15.3. The number of aromatic nitrogens is 1. The van der Waals surface area contributed by atoms with Crippen LogP contribution < -0.4 is 10.5 Å². The summed E-state index contributed by atoms with van der Waals surface area (Å²) < 4.78 is 5.55. The molecule has 0 amide bonds. The molecule has 19 heavy (non-hydrogen) atoms. The predicted molar refractivity (Wildman–Crippen MR) is 78.3 cm³/mol. The zero-order valence-electron chi connectivity index (χ0n) is 9.97. The van der Waals surface area contributed by atoms with Crippen LogP contribution in [0.25, 0.3) is 0 Å². The number of nitrogens with one attached hydrogen (secondary N) is 1. The summed E-state index contributed by atoms with van der Waals surface area (Å²) in [7, 11) is 0. The molecule has 0 aliphatic carbocycles. The fourth-order valence-electron chi connectivity index (χ4n) is 1.47. The highest BCUT2D eigenvalue weighted by Crippen LogP contribution is 2.19. The molecule has 0 unspecified atom stereocenters. The van der Waals surface area contributed by atoms with E-state index in [0.29, 0.717) is 16.5 Å². The molecule has 2 rings (SSSR count). The third-order valence-electron chi connectivity index (χ3n) is 2.38. The SMILES string of the molecule is Cl.N=C(N)c1cccnc1OCc1ccccc1Cl. The Balaban J connectivity index is 0.00000180. The van der Waals surface area contributed by atoms with Crippen LogP contribution in [0, 0.1) is 5.41 Å². The fourth-order valence-corrected chi connectivity index (χ4v) is 1.66. The van der Waals surface area contributed by atoms with Gasteiger partial charge in [-0.3, -0.25) is 5.41 Å². The van der Waals surface area contributed by atoms with Crippen LogP contribution in [0.4, 0.5) is 0 Å². The molecule has 0 fully saturated rings. The van der Waals surface area contributed by atoms with E-state index in [0.717, 1.165) is 5.56 Å². The minimum Gasteiger partial charge on any atom is -0.472 e. The summed E-state index contributed by atoms with van der Waals surface area (Å²) in [5.74, 6) is 0.266. The summed E-state index contributed by atoms with van der Waals surface area (Å²) in [5, 5.41) is 8.07. The van der Waals surface area contributed by atoms with E-state index in [9.17, 15) is 0 Å². The van der Waals surface area contributed by atoms with Crippen LogP contribution in [0.15, 0.2) is 42.6 Å². The lowest BCUT2D eigenvalue weighted by molar-refractivity contribution is 0.293. The Bertz CT molecular complexity index is 575. The van der Waals surface area contributed by atoms with Gasteiger partial charge in [-0.1, -0.05) is 29.8 Å². The molecule has 0 atom stereocenters. The molecule has 1 aromatic heterocycles. The largest absolute Gasteiger partial charge is 0.472 e. The summed E-state index contributed by atoms with van der Waals surface area (Å²) >= 11 is 6.03. The number of ether oxygens (including phenoxy) is 1. The van der Waals surface area contributed by atoms with Crippen LogP contribution in [0.5, 0.6) is 5.88 Å². The molecule has 2 aromatic rings. The van der Waals surface area contributed by atoms with Crippen molar-refractivity contribution in [3.05, 3.63) is 58.7 Å². The molecule has 0 radical (unpaired) electrons. The van der Waals surface area contributed by atoms with Gasteiger partial charge in [0.05, 0.1) is 5.56 Å². The van der Waals surface area contributed by atoms with E-state index in [2.05, 4.69) is 4.98 Å². The van der Waals surface area contributed by atoms with Crippen LogP contribution in [0.3, 0.4) is 0 Å². The highest BCUT2D eigenvalue weighted by Gasteiger charge is 2.08. The topological polar surface area (TPSA) is 72.0 Å². The number of pyridine rings is 1. The average molecular weight is 298 g/mol. The van der Waals surface area contributed by atoms with Gasteiger partial charge in [0.25, 0.3) is 0 Å². The van der Waals surface area contributed by atoms with Gasteiger partial charge in [0.15, 0.2) is 0 Å². The smallest absolute Gasteiger partial charge is 0.224 e. The number of amidine groups is 1. The number of nitrogen functional groups attached to an aromatic ring is 1. The zero-order chi connectivity index (χ0) is 13.0. The number of benzene rings is 1. The van der Waals surface area contributed by atoms with Crippen LogP contribution in [-0.4, -0.2) is 10.8 Å². The van der Waals surface area contributed by atoms with Gasteiger partial charge in [-0.15, -0.1) is 12.4 Å². The maximum atomic E-state index is 7.43. The van der Waals surface area contributed by atoms with Gasteiger partial charge in [-0.05, 0) is 18.2 Å². The minimum absolute atomic E-state index is 0. The normalized spacial score (nSPS) is 9.53. The Morgan fingerprint density at radius 2 is 2.00 bits per heavy atom. The Hall–Kier alpha value is -1.78. The van der Waals surface area contributed by atoms with Crippen molar-refractivity contribution in [2.45, 2.75) is 6.61 Å². The summed E-state index contributed by atoms with van der Waals surface area (Å²) in [6.45, 7) is 0.289. The van der Waals surface area contributed by atoms with E-state index in [1.165, 1.54) is 0 Å². The van der Waals surface area contributed by atoms with E-state index in [1.807, 2.05) is 18.2 Å². The van der Waals surface area contributed by atoms with Crippen molar-refractivity contribution >= 4 is 29.8 Å². The van der Waals surface area contributed by atoms with Gasteiger partial charge in [0.1, 0.15) is 12.4 Å². The number of rotatable bonds is 4. The first-order valence-corrected chi connectivity index (χ1v) is 5.72. The van der Waals surface area contributed by atoms with Crippen LogP contribution in [0.1, 0.15) is 11.1 Å².